The maximum absolute atomic E-state index is 10.6. The summed E-state index contributed by atoms with van der Waals surface area (Å²) in [6.45, 7) is 0.185. The van der Waals surface area contributed by atoms with Gasteiger partial charge in [-0.1, -0.05) is 0 Å². The minimum absolute atomic E-state index is 0.185. The highest BCUT2D eigenvalue weighted by Crippen LogP contribution is 2.13. The third kappa shape index (κ3) is 3.38. The summed E-state index contributed by atoms with van der Waals surface area (Å²) in [7, 11) is -3.14. The first-order valence-corrected chi connectivity index (χ1v) is 5.85. The average Bonchev–Trinajstić information content (AvgIpc) is 2.30. The second-order valence-electron chi connectivity index (χ2n) is 2.30. The van der Waals surface area contributed by atoms with E-state index in [2.05, 4.69) is 20.7 Å². The predicted octanol–water partition coefficient (Wildman–Crippen LogP) is 1.09. The molecule has 1 rings (SSSR count). The highest BCUT2D eigenvalue weighted by atomic mass is 79.9. The van der Waals surface area contributed by atoms with Gasteiger partial charge in [0.15, 0.2) is 4.67 Å². The first-order valence-electron chi connectivity index (χ1n) is 3.16. The summed E-state index contributed by atoms with van der Waals surface area (Å²) in [4.78, 5) is 0. The summed E-state index contributed by atoms with van der Waals surface area (Å²) < 4.78 is 29.3. The summed E-state index contributed by atoms with van der Waals surface area (Å²) in [5.41, 5.74) is 0. The zero-order valence-corrected chi connectivity index (χ0v) is 8.78. The monoisotopic (exact) mass is 253 g/mol. The standard InChI is InChI=1S/C6H8BrNO3S/c1-12(9,10)8-4-5-2-3-6(7)11-5/h2-3,8H,4H2,1H3. The molecule has 0 aliphatic heterocycles. The zero-order chi connectivity index (χ0) is 9.19. The van der Waals surface area contributed by atoms with Crippen LogP contribution in [0.1, 0.15) is 5.76 Å². The third-order valence-electron chi connectivity index (χ3n) is 1.14. The van der Waals surface area contributed by atoms with Crippen molar-refractivity contribution in [2.75, 3.05) is 6.26 Å². The van der Waals surface area contributed by atoms with Gasteiger partial charge in [-0.25, -0.2) is 13.1 Å². The maximum Gasteiger partial charge on any atom is 0.209 e. The number of hydrogen-bond donors (Lipinski definition) is 1. The fourth-order valence-electron chi connectivity index (χ4n) is 0.649. The van der Waals surface area contributed by atoms with Crippen LogP contribution in [0, 0.1) is 0 Å². The third-order valence-corrected chi connectivity index (χ3v) is 2.23. The van der Waals surface area contributed by atoms with Gasteiger partial charge in [0.1, 0.15) is 5.76 Å². The van der Waals surface area contributed by atoms with Crippen LogP contribution in [0.3, 0.4) is 0 Å². The summed E-state index contributed by atoms with van der Waals surface area (Å²) in [5, 5.41) is 0. The molecule has 0 amide bonds. The molecule has 0 aliphatic rings. The Morgan fingerprint density at radius 3 is 2.67 bits per heavy atom. The van der Waals surface area contributed by atoms with E-state index >= 15 is 0 Å². The SMILES string of the molecule is CS(=O)(=O)NCc1ccc(Br)o1. The Hall–Kier alpha value is -0.330. The van der Waals surface area contributed by atoms with Gasteiger partial charge in [-0.15, -0.1) is 0 Å². The molecule has 0 atom stereocenters. The van der Waals surface area contributed by atoms with Gasteiger partial charge < -0.3 is 4.42 Å². The van der Waals surface area contributed by atoms with Crippen LogP contribution in [0.4, 0.5) is 0 Å². The van der Waals surface area contributed by atoms with Gasteiger partial charge in [0.25, 0.3) is 0 Å². The molecule has 1 aromatic rings. The van der Waals surface area contributed by atoms with Gasteiger partial charge in [0.2, 0.25) is 10.0 Å². The van der Waals surface area contributed by atoms with Crippen LogP contribution in [0.2, 0.25) is 0 Å². The fraction of sp³-hybridized carbons (Fsp3) is 0.333. The normalized spacial score (nSPS) is 11.8. The van der Waals surface area contributed by atoms with E-state index in [4.69, 9.17) is 4.42 Å². The minimum Gasteiger partial charge on any atom is -0.453 e. The molecule has 1 aromatic heterocycles. The minimum atomic E-state index is -3.14. The van der Waals surface area contributed by atoms with Crippen molar-refractivity contribution in [2.24, 2.45) is 0 Å². The second-order valence-corrected chi connectivity index (χ2v) is 4.91. The Bertz CT molecular complexity index is 357. The molecule has 0 unspecified atom stereocenters. The highest BCUT2D eigenvalue weighted by Gasteiger charge is 2.03. The molecule has 68 valence electrons. The molecule has 0 aromatic carbocycles. The first kappa shape index (κ1) is 9.76. The van der Waals surface area contributed by atoms with E-state index in [-0.39, 0.29) is 6.54 Å². The van der Waals surface area contributed by atoms with Crippen molar-refractivity contribution >= 4 is 26.0 Å². The van der Waals surface area contributed by atoms with Crippen LogP contribution in [0.15, 0.2) is 21.2 Å². The molecule has 0 saturated heterocycles. The summed E-state index contributed by atoms with van der Waals surface area (Å²) >= 11 is 3.11. The smallest absolute Gasteiger partial charge is 0.209 e. The van der Waals surface area contributed by atoms with E-state index in [0.29, 0.717) is 10.4 Å². The number of furan rings is 1. The van der Waals surface area contributed by atoms with Gasteiger partial charge in [-0.3, -0.25) is 0 Å². The Morgan fingerprint density at radius 1 is 1.58 bits per heavy atom. The van der Waals surface area contributed by atoms with E-state index in [1.165, 1.54) is 0 Å². The fourth-order valence-corrected chi connectivity index (χ4v) is 1.39. The van der Waals surface area contributed by atoms with Crippen molar-refractivity contribution in [3.8, 4) is 0 Å². The lowest BCUT2D eigenvalue weighted by molar-refractivity contribution is 0.480. The average molecular weight is 254 g/mol. The first-order chi connectivity index (χ1) is 5.47. The van der Waals surface area contributed by atoms with Crippen molar-refractivity contribution in [1.82, 2.24) is 4.72 Å². The van der Waals surface area contributed by atoms with Crippen LogP contribution < -0.4 is 4.72 Å². The Morgan fingerprint density at radius 2 is 2.25 bits per heavy atom. The Labute approximate surface area is 79.1 Å². The quantitative estimate of drug-likeness (QED) is 0.878. The van der Waals surface area contributed by atoms with E-state index in [9.17, 15) is 8.42 Å². The van der Waals surface area contributed by atoms with Crippen molar-refractivity contribution < 1.29 is 12.8 Å². The van der Waals surface area contributed by atoms with Gasteiger partial charge in [-0.2, -0.15) is 0 Å². The van der Waals surface area contributed by atoms with Crippen LogP contribution >= 0.6 is 15.9 Å². The molecule has 12 heavy (non-hydrogen) atoms. The predicted molar refractivity (Wildman–Crippen MR) is 48.1 cm³/mol. The van der Waals surface area contributed by atoms with Crippen molar-refractivity contribution in [3.63, 3.8) is 0 Å². The molecule has 4 nitrogen and oxygen atoms in total. The number of halogens is 1. The van der Waals surface area contributed by atoms with Crippen molar-refractivity contribution in [2.45, 2.75) is 6.54 Å². The van der Waals surface area contributed by atoms with Crippen LogP contribution in [-0.4, -0.2) is 14.7 Å². The molecule has 0 spiro atoms. The van der Waals surface area contributed by atoms with Crippen molar-refractivity contribution in [3.05, 3.63) is 22.6 Å². The van der Waals surface area contributed by atoms with Crippen LogP contribution in [0.25, 0.3) is 0 Å². The molecular weight excluding hydrogens is 246 g/mol. The Kier molecular flexibility index (Phi) is 2.92. The van der Waals surface area contributed by atoms with Crippen LogP contribution in [0.5, 0.6) is 0 Å². The second kappa shape index (κ2) is 3.59. The van der Waals surface area contributed by atoms with Gasteiger partial charge in [-0.05, 0) is 28.1 Å². The van der Waals surface area contributed by atoms with E-state index in [1.54, 1.807) is 12.1 Å². The lowest BCUT2D eigenvalue weighted by Gasteiger charge is -1.97. The lowest BCUT2D eigenvalue weighted by atomic mass is 10.5. The highest BCUT2D eigenvalue weighted by molar-refractivity contribution is 9.10. The molecule has 1 N–H and O–H groups in total. The van der Waals surface area contributed by atoms with Gasteiger partial charge >= 0.3 is 0 Å². The topological polar surface area (TPSA) is 59.3 Å². The van der Waals surface area contributed by atoms with Gasteiger partial charge in [0.05, 0.1) is 12.8 Å². The summed E-state index contributed by atoms with van der Waals surface area (Å²) in [6.07, 6.45) is 1.10. The number of rotatable bonds is 3. The largest absolute Gasteiger partial charge is 0.453 e. The van der Waals surface area contributed by atoms with Crippen LogP contribution in [-0.2, 0) is 16.6 Å². The van der Waals surface area contributed by atoms with E-state index < -0.39 is 10.0 Å². The lowest BCUT2D eigenvalue weighted by Crippen LogP contribution is -2.20. The summed E-state index contributed by atoms with van der Waals surface area (Å²) in [5.74, 6) is 0.576. The molecule has 0 aliphatic carbocycles. The maximum atomic E-state index is 10.6. The number of sulfonamides is 1. The molecule has 1 heterocycles. The number of hydrogen-bond acceptors (Lipinski definition) is 3. The molecule has 0 fully saturated rings. The number of nitrogens with one attached hydrogen (secondary N) is 1. The molecule has 6 heteroatoms. The molecular formula is C6H8BrNO3S. The molecule has 0 bridgehead atoms. The zero-order valence-electron chi connectivity index (χ0n) is 6.37. The van der Waals surface area contributed by atoms with E-state index in [0.717, 1.165) is 6.26 Å². The van der Waals surface area contributed by atoms with E-state index in [1.807, 2.05) is 0 Å². The molecule has 0 saturated carbocycles. The molecule has 0 radical (unpaired) electrons. The van der Waals surface area contributed by atoms with Crippen molar-refractivity contribution in [1.29, 1.82) is 0 Å². The summed E-state index contributed by atoms with van der Waals surface area (Å²) in [6, 6.07) is 3.40. The Balaban J connectivity index is 2.55. The van der Waals surface area contributed by atoms with Gasteiger partial charge in [0, 0.05) is 0 Å².